The van der Waals surface area contributed by atoms with Crippen molar-refractivity contribution in [2.45, 2.75) is 25.6 Å². The van der Waals surface area contributed by atoms with Gasteiger partial charge in [-0.25, -0.2) is 4.79 Å². The molecule has 114 valence electrons. The minimum atomic E-state index is -4.85. The maximum absolute atomic E-state index is 12.9. The van der Waals surface area contributed by atoms with Crippen molar-refractivity contribution in [2.75, 3.05) is 6.61 Å². The number of pyridine rings is 1. The SMILES string of the molecule is Cc1ncc(CCO)c2c1OC(C(F)(F)F)C(C(=O)O)=C2. The number of halogens is 3. The van der Waals surface area contributed by atoms with Gasteiger partial charge in [-0.05, 0) is 25.0 Å². The standard InChI is InChI=1S/C13H12F3NO4/c1-6-10-8(7(2-3-18)5-17-6)4-9(12(19)20)11(21-10)13(14,15)16/h4-5,11,18H,2-3H2,1H3,(H,19,20). The molecule has 0 radical (unpaired) electrons. The van der Waals surface area contributed by atoms with Gasteiger partial charge in [0.1, 0.15) is 5.75 Å². The van der Waals surface area contributed by atoms with Gasteiger partial charge >= 0.3 is 12.1 Å². The van der Waals surface area contributed by atoms with E-state index in [2.05, 4.69) is 4.98 Å². The number of alkyl halides is 3. The number of aliphatic hydroxyl groups is 1. The maximum atomic E-state index is 12.9. The summed E-state index contributed by atoms with van der Waals surface area (Å²) in [6.07, 6.45) is -4.91. The number of fused-ring (bicyclic) bond motifs is 1. The number of carboxylic acid groups (broad SMARTS) is 1. The van der Waals surface area contributed by atoms with Crippen molar-refractivity contribution < 1.29 is 32.9 Å². The number of aromatic nitrogens is 1. The molecule has 2 N–H and O–H groups in total. The van der Waals surface area contributed by atoms with Crippen molar-refractivity contribution in [1.82, 2.24) is 4.98 Å². The van der Waals surface area contributed by atoms with Crippen molar-refractivity contribution >= 4 is 12.0 Å². The second kappa shape index (κ2) is 5.36. The smallest absolute Gasteiger partial charge is 0.430 e. The van der Waals surface area contributed by atoms with Gasteiger partial charge < -0.3 is 14.9 Å². The number of aryl methyl sites for hydroxylation is 1. The molecule has 0 aliphatic carbocycles. The third-order valence-electron chi connectivity index (χ3n) is 3.08. The summed E-state index contributed by atoms with van der Waals surface area (Å²) in [7, 11) is 0. The molecule has 2 heterocycles. The zero-order valence-electron chi connectivity index (χ0n) is 10.9. The van der Waals surface area contributed by atoms with Crippen LogP contribution >= 0.6 is 0 Å². The Bertz CT molecular complexity index is 610. The molecule has 1 atom stereocenters. The molecule has 8 heteroatoms. The summed E-state index contributed by atoms with van der Waals surface area (Å²) in [5, 5.41) is 17.9. The van der Waals surface area contributed by atoms with Crippen LogP contribution in [0, 0.1) is 6.92 Å². The number of hydrogen-bond acceptors (Lipinski definition) is 4. The lowest BCUT2D eigenvalue weighted by Gasteiger charge is -2.28. The molecule has 1 aromatic rings. The first-order valence-corrected chi connectivity index (χ1v) is 6.03. The molecule has 1 aromatic heterocycles. The van der Waals surface area contributed by atoms with Crippen molar-refractivity contribution in [3.05, 3.63) is 28.6 Å². The van der Waals surface area contributed by atoms with E-state index in [0.29, 0.717) is 5.56 Å². The Morgan fingerprint density at radius 2 is 2.14 bits per heavy atom. The number of carboxylic acids is 1. The van der Waals surface area contributed by atoms with E-state index < -0.39 is 23.8 Å². The van der Waals surface area contributed by atoms with Gasteiger partial charge in [0, 0.05) is 18.4 Å². The van der Waals surface area contributed by atoms with Crippen LogP contribution in [0.5, 0.6) is 5.75 Å². The lowest BCUT2D eigenvalue weighted by atomic mass is 9.96. The zero-order chi connectivity index (χ0) is 15.8. The molecular formula is C13H12F3NO4. The van der Waals surface area contributed by atoms with Crippen LogP contribution in [0.25, 0.3) is 6.08 Å². The maximum Gasteiger partial charge on any atom is 0.430 e. The summed E-state index contributed by atoms with van der Waals surface area (Å²) in [6.45, 7) is 1.23. The lowest BCUT2D eigenvalue weighted by Crippen LogP contribution is -2.40. The molecule has 0 fully saturated rings. The average Bonchev–Trinajstić information content (AvgIpc) is 2.40. The highest BCUT2D eigenvalue weighted by molar-refractivity contribution is 5.95. The van der Waals surface area contributed by atoms with Crippen molar-refractivity contribution in [2.24, 2.45) is 0 Å². The first-order chi connectivity index (χ1) is 9.75. The molecule has 1 aliphatic rings. The van der Waals surface area contributed by atoms with Crippen LogP contribution < -0.4 is 4.74 Å². The minimum Gasteiger partial charge on any atom is -0.478 e. The highest BCUT2D eigenvalue weighted by Crippen LogP contribution is 2.39. The van der Waals surface area contributed by atoms with E-state index in [9.17, 15) is 18.0 Å². The molecule has 5 nitrogen and oxygen atoms in total. The molecule has 0 amide bonds. The van der Waals surface area contributed by atoms with Crippen molar-refractivity contribution in [3.63, 3.8) is 0 Å². The Morgan fingerprint density at radius 3 is 2.67 bits per heavy atom. The quantitative estimate of drug-likeness (QED) is 0.888. The Balaban J connectivity index is 2.62. The third kappa shape index (κ3) is 2.85. The monoisotopic (exact) mass is 303 g/mol. The summed E-state index contributed by atoms with van der Waals surface area (Å²) in [6, 6.07) is 0. The predicted molar refractivity (Wildman–Crippen MR) is 65.8 cm³/mol. The van der Waals surface area contributed by atoms with E-state index in [-0.39, 0.29) is 30.0 Å². The highest BCUT2D eigenvalue weighted by Gasteiger charge is 2.49. The van der Waals surface area contributed by atoms with Crippen LogP contribution in [-0.4, -0.2) is 40.1 Å². The second-order valence-corrected chi connectivity index (χ2v) is 4.53. The molecule has 0 spiro atoms. The molecule has 0 saturated carbocycles. The number of aliphatic hydroxyl groups excluding tert-OH is 1. The first-order valence-electron chi connectivity index (χ1n) is 6.03. The van der Waals surface area contributed by atoms with Crippen molar-refractivity contribution in [1.29, 1.82) is 0 Å². The van der Waals surface area contributed by atoms with Crippen LogP contribution in [0.4, 0.5) is 13.2 Å². The highest BCUT2D eigenvalue weighted by atomic mass is 19.4. The van der Waals surface area contributed by atoms with Gasteiger partial charge in [-0.15, -0.1) is 0 Å². The van der Waals surface area contributed by atoms with E-state index in [1.165, 1.54) is 13.1 Å². The fraction of sp³-hybridized carbons (Fsp3) is 0.385. The topological polar surface area (TPSA) is 79.7 Å². The number of hydrogen-bond donors (Lipinski definition) is 2. The average molecular weight is 303 g/mol. The molecule has 21 heavy (non-hydrogen) atoms. The van der Waals surface area contributed by atoms with E-state index in [1.807, 2.05) is 0 Å². The number of aliphatic carboxylic acids is 1. The van der Waals surface area contributed by atoms with Gasteiger partial charge in [0.15, 0.2) is 0 Å². The molecule has 2 rings (SSSR count). The van der Waals surface area contributed by atoms with Gasteiger partial charge in [0.25, 0.3) is 0 Å². The molecular weight excluding hydrogens is 291 g/mol. The number of nitrogens with zero attached hydrogens (tertiary/aromatic N) is 1. The number of rotatable bonds is 3. The Kier molecular flexibility index (Phi) is 3.91. The summed E-state index contributed by atoms with van der Waals surface area (Å²) in [4.78, 5) is 15.0. The minimum absolute atomic E-state index is 0.103. The Hall–Kier alpha value is -2.09. The van der Waals surface area contributed by atoms with Crippen LogP contribution in [-0.2, 0) is 11.2 Å². The van der Waals surface area contributed by atoms with Crippen LogP contribution in [0.15, 0.2) is 11.8 Å². The molecule has 0 bridgehead atoms. The van der Waals surface area contributed by atoms with Crippen molar-refractivity contribution in [3.8, 4) is 5.75 Å². The molecule has 1 aliphatic heterocycles. The van der Waals surface area contributed by atoms with Gasteiger partial charge in [0.05, 0.1) is 11.3 Å². The largest absolute Gasteiger partial charge is 0.478 e. The van der Waals surface area contributed by atoms with E-state index >= 15 is 0 Å². The summed E-state index contributed by atoms with van der Waals surface area (Å²) in [5.74, 6) is -1.80. The number of ether oxygens (including phenoxy) is 1. The summed E-state index contributed by atoms with van der Waals surface area (Å²) in [5.41, 5.74) is -0.0201. The predicted octanol–water partition coefficient (Wildman–Crippen LogP) is 1.72. The number of carbonyl (C=O) groups is 1. The van der Waals surface area contributed by atoms with Crippen LogP contribution in [0.1, 0.15) is 16.8 Å². The zero-order valence-corrected chi connectivity index (χ0v) is 10.9. The van der Waals surface area contributed by atoms with Gasteiger partial charge in [-0.2, -0.15) is 13.2 Å². The van der Waals surface area contributed by atoms with Gasteiger partial charge in [0.2, 0.25) is 6.10 Å². The van der Waals surface area contributed by atoms with E-state index in [4.69, 9.17) is 14.9 Å². The molecule has 1 unspecified atom stereocenters. The van der Waals surface area contributed by atoms with E-state index in [1.54, 1.807) is 0 Å². The Labute approximate surface area is 117 Å². The second-order valence-electron chi connectivity index (χ2n) is 4.53. The fourth-order valence-electron chi connectivity index (χ4n) is 2.10. The lowest BCUT2D eigenvalue weighted by molar-refractivity contribution is -0.187. The van der Waals surface area contributed by atoms with Gasteiger partial charge in [-0.3, -0.25) is 4.98 Å². The van der Waals surface area contributed by atoms with E-state index in [0.717, 1.165) is 6.08 Å². The molecule has 0 aromatic carbocycles. The van der Waals surface area contributed by atoms with Crippen LogP contribution in [0.3, 0.4) is 0 Å². The van der Waals surface area contributed by atoms with Gasteiger partial charge in [-0.1, -0.05) is 0 Å². The third-order valence-corrected chi connectivity index (χ3v) is 3.08. The first kappa shape index (κ1) is 15.3. The fourth-order valence-corrected chi connectivity index (χ4v) is 2.10. The summed E-state index contributed by atoms with van der Waals surface area (Å²) >= 11 is 0. The normalized spacial score (nSPS) is 17.8. The Morgan fingerprint density at radius 1 is 1.48 bits per heavy atom. The molecule has 0 saturated heterocycles. The summed E-state index contributed by atoms with van der Waals surface area (Å²) < 4.78 is 43.7. The van der Waals surface area contributed by atoms with Crippen LogP contribution in [0.2, 0.25) is 0 Å².